The number of rotatable bonds is 2. The fraction of sp³-hybridized carbons (Fsp3) is 0.125. The summed E-state index contributed by atoms with van der Waals surface area (Å²) in [5.41, 5.74) is 10.6. The predicted octanol–water partition coefficient (Wildman–Crippen LogP) is 0.492. The van der Waals surface area contributed by atoms with Gasteiger partial charge in [-0.3, -0.25) is 4.79 Å². The molecule has 1 aromatic rings. The normalized spacial score (nSPS) is 12.5. The van der Waals surface area contributed by atoms with Crippen molar-refractivity contribution in [2.75, 3.05) is 5.73 Å². The lowest BCUT2D eigenvalue weighted by molar-refractivity contribution is -0.138. The standard InChI is InChI=1S/C8H9FN2O2/c9-5-3-4(1-2-6(5)10)7(11)8(12)13/h1-3,7H,10-11H2,(H,12,13)/t7-/m0/s1. The molecule has 0 radical (unpaired) electrons. The summed E-state index contributed by atoms with van der Waals surface area (Å²) in [7, 11) is 0. The molecule has 5 N–H and O–H groups in total. The molecule has 4 nitrogen and oxygen atoms in total. The molecule has 0 saturated heterocycles. The van der Waals surface area contributed by atoms with Crippen LogP contribution in [0.25, 0.3) is 0 Å². The summed E-state index contributed by atoms with van der Waals surface area (Å²) >= 11 is 0. The van der Waals surface area contributed by atoms with E-state index >= 15 is 0 Å². The maximum Gasteiger partial charge on any atom is 0.325 e. The zero-order chi connectivity index (χ0) is 10.0. The highest BCUT2D eigenvalue weighted by Crippen LogP contribution is 2.16. The minimum atomic E-state index is -1.21. The average Bonchev–Trinajstić information content (AvgIpc) is 2.08. The first-order valence-corrected chi connectivity index (χ1v) is 3.55. The molecular weight excluding hydrogens is 175 g/mol. The van der Waals surface area contributed by atoms with Gasteiger partial charge in [0.2, 0.25) is 0 Å². The molecule has 0 amide bonds. The number of hydrogen-bond acceptors (Lipinski definition) is 3. The summed E-state index contributed by atoms with van der Waals surface area (Å²) in [6.45, 7) is 0. The van der Waals surface area contributed by atoms with Gasteiger partial charge in [-0.2, -0.15) is 0 Å². The molecule has 0 bridgehead atoms. The number of anilines is 1. The summed E-state index contributed by atoms with van der Waals surface area (Å²) in [5.74, 6) is -1.86. The minimum absolute atomic E-state index is 0.0265. The molecule has 0 aliphatic rings. The Balaban J connectivity index is 3.03. The van der Waals surface area contributed by atoms with Crippen molar-refractivity contribution in [3.05, 3.63) is 29.6 Å². The van der Waals surface area contributed by atoms with E-state index in [2.05, 4.69) is 0 Å². The van der Waals surface area contributed by atoms with Gasteiger partial charge in [-0.15, -0.1) is 0 Å². The molecule has 0 fully saturated rings. The molecule has 1 atom stereocenters. The van der Waals surface area contributed by atoms with Gasteiger partial charge in [-0.1, -0.05) is 6.07 Å². The van der Waals surface area contributed by atoms with E-state index in [-0.39, 0.29) is 11.3 Å². The zero-order valence-electron chi connectivity index (χ0n) is 6.70. The van der Waals surface area contributed by atoms with E-state index < -0.39 is 17.8 Å². The Morgan fingerprint density at radius 2 is 2.15 bits per heavy atom. The Labute approximate surface area is 74.0 Å². The van der Waals surface area contributed by atoms with Gasteiger partial charge in [0.05, 0.1) is 5.69 Å². The second-order valence-electron chi connectivity index (χ2n) is 2.60. The van der Waals surface area contributed by atoms with Gasteiger partial charge < -0.3 is 16.6 Å². The number of nitrogen functional groups attached to an aromatic ring is 1. The van der Waals surface area contributed by atoms with Crippen LogP contribution in [0, 0.1) is 5.82 Å². The third-order valence-electron chi connectivity index (χ3n) is 1.65. The quantitative estimate of drug-likeness (QED) is 0.583. The van der Waals surface area contributed by atoms with E-state index in [9.17, 15) is 9.18 Å². The van der Waals surface area contributed by atoms with Crippen LogP contribution >= 0.6 is 0 Å². The van der Waals surface area contributed by atoms with Crippen LogP contribution in [0.3, 0.4) is 0 Å². The Morgan fingerprint density at radius 3 is 2.62 bits per heavy atom. The number of carboxylic acid groups (broad SMARTS) is 1. The first-order valence-electron chi connectivity index (χ1n) is 3.55. The zero-order valence-corrected chi connectivity index (χ0v) is 6.70. The van der Waals surface area contributed by atoms with Crippen molar-refractivity contribution in [1.29, 1.82) is 0 Å². The minimum Gasteiger partial charge on any atom is -0.480 e. The largest absolute Gasteiger partial charge is 0.480 e. The first kappa shape index (κ1) is 9.47. The van der Waals surface area contributed by atoms with Crippen molar-refractivity contribution in [2.24, 2.45) is 5.73 Å². The topological polar surface area (TPSA) is 89.3 Å². The maximum atomic E-state index is 12.8. The van der Waals surface area contributed by atoms with Crippen molar-refractivity contribution in [3.63, 3.8) is 0 Å². The lowest BCUT2D eigenvalue weighted by atomic mass is 10.1. The van der Waals surface area contributed by atoms with Crippen LogP contribution in [0.2, 0.25) is 0 Å². The van der Waals surface area contributed by atoms with E-state index in [1.165, 1.54) is 12.1 Å². The molecule has 13 heavy (non-hydrogen) atoms. The van der Waals surface area contributed by atoms with Crippen LogP contribution in [0.4, 0.5) is 10.1 Å². The molecule has 0 saturated carbocycles. The molecule has 1 rings (SSSR count). The van der Waals surface area contributed by atoms with Gasteiger partial charge in [0.15, 0.2) is 0 Å². The van der Waals surface area contributed by atoms with Crippen LogP contribution in [-0.2, 0) is 4.79 Å². The van der Waals surface area contributed by atoms with Gasteiger partial charge in [0.1, 0.15) is 11.9 Å². The third kappa shape index (κ3) is 1.94. The Kier molecular flexibility index (Phi) is 2.48. The van der Waals surface area contributed by atoms with Crippen molar-refractivity contribution in [2.45, 2.75) is 6.04 Å². The molecule has 1 aromatic carbocycles. The summed E-state index contributed by atoms with van der Waals surface area (Å²) < 4.78 is 12.8. The summed E-state index contributed by atoms with van der Waals surface area (Å²) in [5, 5.41) is 8.52. The number of hydrogen-bond donors (Lipinski definition) is 3. The highest BCUT2D eigenvalue weighted by Gasteiger charge is 2.14. The lowest BCUT2D eigenvalue weighted by Crippen LogP contribution is -2.20. The average molecular weight is 184 g/mol. The Morgan fingerprint density at radius 1 is 1.54 bits per heavy atom. The second-order valence-corrected chi connectivity index (χ2v) is 2.60. The number of benzene rings is 1. The fourth-order valence-electron chi connectivity index (χ4n) is 0.879. The summed E-state index contributed by atoms with van der Waals surface area (Å²) in [4.78, 5) is 10.4. The van der Waals surface area contributed by atoms with E-state index in [0.717, 1.165) is 6.07 Å². The van der Waals surface area contributed by atoms with Gasteiger partial charge in [0, 0.05) is 0 Å². The molecule has 0 aliphatic carbocycles. The van der Waals surface area contributed by atoms with Gasteiger partial charge in [-0.05, 0) is 17.7 Å². The van der Waals surface area contributed by atoms with E-state index in [0.29, 0.717) is 0 Å². The smallest absolute Gasteiger partial charge is 0.325 e. The number of halogens is 1. The van der Waals surface area contributed by atoms with Crippen LogP contribution in [0.5, 0.6) is 0 Å². The molecule has 0 heterocycles. The summed E-state index contributed by atoms with van der Waals surface area (Å²) in [6.07, 6.45) is 0. The third-order valence-corrected chi connectivity index (χ3v) is 1.65. The van der Waals surface area contributed by atoms with Crippen LogP contribution < -0.4 is 11.5 Å². The Bertz CT molecular complexity index is 341. The van der Waals surface area contributed by atoms with Crippen LogP contribution in [-0.4, -0.2) is 11.1 Å². The van der Waals surface area contributed by atoms with E-state index in [4.69, 9.17) is 16.6 Å². The SMILES string of the molecule is Nc1ccc([C@H](N)C(=O)O)cc1F. The molecular formula is C8H9FN2O2. The molecule has 5 heteroatoms. The van der Waals surface area contributed by atoms with Crippen molar-refractivity contribution in [3.8, 4) is 0 Å². The molecule has 0 spiro atoms. The van der Waals surface area contributed by atoms with E-state index in [1.807, 2.05) is 0 Å². The predicted molar refractivity (Wildman–Crippen MR) is 45.4 cm³/mol. The summed E-state index contributed by atoms with van der Waals surface area (Å²) in [6, 6.07) is 2.48. The van der Waals surface area contributed by atoms with Crippen molar-refractivity contribution >= 4 is 11.7 Å². The lowest BCUT2D eigenvalue weighted by Gasteiger charge is -2.06. The van der Waals surface area contributed by atoms with Crippen molar-refractivity contribution in [1.82, 2.24) is 0 Å². The molecule has 70 valence electrons. The Hall–Kier alpha value is -1.62. The highest BCUT2D eigenvalue weighted by molar-refractivity contribution is 5.75. The van der Waals surface area contributed by atoms with Gasteiger partial charge >= 0.3 is 5.97 Å². The van der Waals surface area contributed by atoms with Crippen molar-refractivity contribution < 1.29 is 14.3 Å². The second kappa shape index (κ2) is 3.40. The first-order chi connectivity index (χ1) is 6.02. The van der Waals surface area contributed by atoms with Crippen LogP contribution in [0.15, 0.2) is 18.2 Å². The number of nitrogens with two attached hydrogens (primary N) is 2. The number of aliphatic carboxylic acids is 1. The van der Waals surface area contributed by atoms with Gasteiger partial charge in [-0.25, -0.2) is 4.39 Å². The highest BCUT2D eigenvalue weighted by atomic mass is 19.1. The molecule has 0 unspecified atom stereocenters. The van der Waals surface area contributed by atoms with Crippen LogP contribution in [0.1, 0.15) is 11.6 Å². The molecule has 0 aliphatic heterocycles. The van der Waals surface area contributed by atoms with Gasteiger partial charge in [0.25, 0.3) is 0 Å². The monoisotopic (exact) mass is 184 g/mol. The fourth-order valence-corrected chi connectivity index (χ4v) is 0.879. The molecule has 0 aromatic heterocycles. The number of carbonyl (C=O) groups is 1. The number of carboxylic acids is 1. The van der Waals surface area contributed by atoms with E-state index in [1.54, 1.807) is 0 Å². The maximum absolute atomic E-state index is 12.8.